The summed E-state index contributed by atoms with van der Waals surface area (Å²) < 4.78 is 38.6. The van der Waals surface area contributed by atoms with Crippen molar-refractivity contribution in [2.45, 2.75) is 70.1 Å². The molecule has 2 saturated carbocycles. The molecule has 0 saturated heterocycles. The highest BCUT2D eigenvalue weighted by atomic mass is 19.4. The number of benzene rings is 1. The first kappa shape index (κ1) is 26.9. The minimum atomic E-state index is -4.50. The number of pyridine rings is 1. The molecule has 7 nitrogen and oxygen atoms in total. The molecule has 4 rings (SSSR count). The summed E-state index contributed by atoms with van der Waals surface area (Å²) in [6.45, 7) is 1.96. The zero-order valence-corrected chi connectivity index (χ0v) is 20.6. The van der Waals surface area contributed by atoms with E-state index in [9.17, 15) is 33.0 Å². The molecule has 10 heteroatoms. The van der Waals surface area contributed by atoms with E-state index in [0.29, 0.717) is 24.4 Å². The van der Waals surface area contributed by atoms with E-state index in [-0.39, 0.29) is 23.9 Å². The number of aliphatic hydroxyl groups excluding tert-OH is 1. The van der Waals surface area contributed by atoms with Gasteiger partial charge in [-0.15, -0.1) is 0 Å². The molecule has 2 aliphatic carbocycles. The highest BCUT2D eigenvalue weighted by molar-refractivity contribution is 5.99. The summed E-state index contributed by atoms with van der Waals surface area (Å²) in [5, 5.41) is 25.5. The van der Waals surface area contributed by atoms with E-state index < -0.39 is 35.3 Å². The van der Waals surface area contributed by atoms with Gasteiger partial charge in [0.15, 0.2) is 0 Å². The number of hydrogen-bond acceptors (Lipinski definition) is 4. The van der Waals surface area contributed by atoms with Crippen LogP contribution in [0.4, 0.5) is 29.3 Å². The number of amides is 2. The molecule has 4 N–H and O–H groups in total. The second-order valence-electron chi connectivity index (χ2n) is 10.3. The Labute approximate surface area is 213 Å². The quantitative estimate of drug-likeness (QED) is 0.359. The molecule has 5 unspecified atom stereocenters. The zero-order valence-electron chi connectivity index (χ0n) is 20.6. The van der Waals surface area contributed by atoms with Crippen LogP contribution in [0.2, 0.25) is 0 Å². The molecule has 2 fully saturated rings. The van der Waals surface area contributed by atoms with Crippen LogP contribution in [-0.4, -0.2) is 33.3 Å². The third-order valence-corrected chi connectivity index (χ3v) is 8.20. The maximum Gasteiger partial charge on any atom is 0.416 e. The van der Waals surface area contributed by atoms with Crippen LogP contribution in [0.15, 0.2) is 42.6 Å². The molecule has 0 bridgehead atoms. The fourth-order valence-electron chi connectivity index (χ4n) is 6.17. The Hall–Kier alpha value is -3.14. The molecule has 0 aliphatic heterocycles. The molecule has 2 aliphatic rings. The number of nitrogens with zero attached hydrogens (tertiary/aromatic N) is 1. The third kappa shape index (κ3) is 6.06. The van der Waals surface area contributed by atoms with Crippen LogP contribution in [-0.2, 0) is 11.0 Å². The number of alkyl halides is 3. The monoisotopic (exact) mass is 519 g/mol. The van der Waals surface area contributed by atoms with E-state index in [1.807, 2.05) is 13.0 Å². The molecular weight excluding hydrogens is 487 g/mol. The number of anilines is 2. The minimum Gasteiger partial charge on any atom is -0.481 e. The fraction of sp³-hybridized carbons (Fsp3) is 0.519. The number of aliphatic hydroxyl groups is 1. The van der Waals surface area contributed by atoms with E-state index >= 15 is 0 Å². The van der Waals surface area contributed by atoms with Crippen molar-refractivity contribution in [3.05, 3.63) is 53.9 Å². The smallest absolute Gasteiger partial charge is 0.416 e. The number of nitrogens with one attached hydrogen (secondary N) is 2. The van der Waals surface area contributed by atoms with Gasteiger partial charge in [0.2, 0.25) is 0 Å². The molecular formula is C27H32F3N3O4. The summed E-state index contributed by atoms with van der Waals surface area (Å²) in [6.07, 6.45) is 1.13. The summed E-state index contributed by atoms with van der Waals surface area (Å²) in [7, 11) is 0. The number of aliphatic carboxylic acids is 1. The summed E-state index contributed by atoms with van der Waals surface area (Å²) in [5.74, 6) is -0.269. The van der Waals surface area contributed by atoms with E-state index in [4.69, 9.17) is 0 Å². The van der Waals surface area contributed by atoms with Gasteiger partial charge in [-0.1, -0.05) is 13.0 Å². The highest BCUT2D eigenvalue weighted by Crippen LogP contribution is 2.53. The van der Waals surface area contributed by atoms with Crippen molar-refractivity contribution < 1.29 is 33.0 Å². The van der Waals surface area contributed by atoms with Crippen molar-refractivity contribution in [2.75, 3.05) is 10.6 Å². The number of carboxylic acid groups (broad SMARTS) is 1. The van der Waals surface area contributed by atoms with Crippen molar-refractivity contribution in [1.82, 2.24) is 4.98 Å². The third-order valence-electron chi connectivity index (χ3n) is 8.20. The number of aromatic nitrogens is 1. The molecule has 5 atom stereocenters. The number of urea groups is 1. The van der Waals surface area contributed by atoms with Gasteiger partial charge in [0.25, 0.3) is 0 Å². The topological polar surface area (TPSA) is 112 Å². The Morgan fingerprint density at radius 2 is 1.86 bits per heavy atom. The maximum absolute atomic E-state index is 12.9. The van der Waals surface area contributed by atoms with Gasteiger partial charge < -0.3 is 20.8 Å². The molecule has 1 aromatic carbocycles. The average Bonchev–Trinajstić information content (AvgIpc) is 2.85. The van der Waals surface area contributed by atoms with Crippen LogP contribution < -0.4 is 10.6 Å². The lowest BCUT2D eigenvalue weighted by Crippen LogP contribution is -2.49. The number of rotatable bonds is 6. The van der Waals surface area contributed by atoms with Crippen molar-refractivity contribution in [3.63, 3.8) is 0 Å². The highest BCUT2D eigenvalue weighted by Gasteiger charge is 2.50. The average molecular weight is 520 g/mol. The van der Waals surface area contributed by atoms with Crippen LogP contribution in [0.1, 0.15) is 69.0 Å². The van der Waals surface area contributed by atoms with Crippen LogP contribution in [0.5, 0.6) is 0 Å². The zero-order chi connectivity index (χ0) is 26.8. The van der Waals surface area contributed by atoms with Crippen LogP contribution in [0.3, 0.4) is 0 Å². The number of halogens is 3. The SMILES string of the molecule is CCC1(CC(=O)O)CCC2CC(c3ccc(NC(=O)Nc4cccc(C(F)(F)F)c4)cn3)CCC2C1O. The van der Waals surface area contributed by atoms with Gasteiger partial charge in [-0.2, -0.15) is 13.2 Å². The Bertz CT molecular complexity index is 1120. The number of fused-ring (bicyclic) bond motifs is 1. The van der Waals surface area contributed by atoms with Gasteiger partial charge in [0.05, 0.1) is 30.0 Å². The number of hydrogen-bond donors (Lipinski definition) is 4. The summed E-state index contributed by atoms with van der Waals surface area (Å²) in [5.41, 5.74) is -0.0799. The predicted octanol–water partition coefficient (Wildman–Crippen LogP) is 6.27. The van der Waals surface area contributed by atoms with E-state index in [1.54, 1.807) is 6.07 Å². The van der Waals surface area contributed by atoms with Crippen molar-refractivity contribution in [2.24, 2.45) is 17.3 Å². The minimum absolute atomic E-state index is 0.00528. The van der Waals surface area contributed by atoms with Crippen LogP contribution >= 0.6 is 0 Å². The number of carbonyl (C=O) groups is 2. The second kappa shape index (κ2) is 10.7. The maximum atomic E-state index is 12.9. The largest absolute Gasteiger partial charge is 0.481 e. The molecule has 1 heterocycles. The van der Waals surface area contributed by atoms with Gasteiger partial charge in [-0.05, 0) is 80.7 Å². The lowest BCUT2D eigenvalue weighted by molar-refractivity contribution is -0.150. The van der Waals surface area contributed by atoms with Crippen LogP contribution in [0.25, 0.3) is 0 Å². The summed E-state index contributed by atoms with van der Waals surface area (Å²) in [6, 6.07) is 7.28. The normalized spacial score (nSPS) is 27.7. The molecule has 0 spiro atoms. The Morgan fingerprint density at radius 3 is 2.51 bits per heavy atom. The Morgan fingerprint density at radius 1 is 1.11 bits per heavy atom. The summed E-state index contributed by atoms with van der Waals surface area (Å²) in [4.78, 5) is 28.2. The number of carboxylic acids is 1. The van der Waals surface area contributed by atoms with E-state index in [1.165, 1.54) is 18.3 Å². The lowest BCUT2D eigenvalue weighted by Gasteiger charge is -2.51. The van der Waals surface area contributed by atoms with Gasteiger partial charge in [-0.3, -0.25) is 9.78 Å². The first-order valence-electron chi connectivity index (χ1n) is 12.6. The van der Waals surface area contributed by atoms with Gasteiger partial charge >= 0.3 is 18.2 Å². The molecule has 200 valence electrons. The first-order chi connectivity index (χ1) is 17.5. The van der Waals surface area contributed by atoms with Crippen LogP contribution in [0, 0.1) is 17.3 Å². The molecule has 0 radical (unpaired) electrons. The molecule has 2 amide bonds. The van der Waals surface area contributed by atoms with Crippen molar-refractivity contribution in [3.8, 4) is 0 Å². The molecule has 1 aromatic heterocycles. The Kier molecular flexibility index (Phi) is 7.77. The Balaban J connectivity index is 1.34. The van der Waals surface area contributed by atoms with Gasteiger partial charge in [0, 0.05) is 22.7 Å². The molecule has 2 aromatic rings. The predicted molar refractivity (Wildman–Crippen MR) is 132 cm³/mol. The number of carbonyl (C=O) groups excluding carboxylic acids is 1. The summed E-state index contributed by atoms with van der Waals surface area (Å²) >= 11 is 0. The van der Waals surface area contributed by atoms with E-state index in [0.717, 1.165) is 43.5 Å². The van der Waals surface area contributed by atoms with Crippen molar-refractivity contribution >= 4 is 23.4 Å². The van der Waals surface area contributed by atoms with E-state index in [2.05, 4.69) is 15.6 Å². The standard InChI is InChI=1S/C27H32F3N3O4/c1-2-26(14-23(34)35)11-10-16-12-17(6-8-21(16)24(26)36)22-9-7-20(15-31-22)33-25(37)32-19-5-3-4-18(13-19)27(28,29)30/h3-5,7,9,13,15-17,21,24,36H,2,6,8,10-12,14H2,1H3,(H,34,35)(H2,32,33,37). The lowest BCUT2D eigenvalue weighted by atomic mass is 9.56. The fourth-order valence-corrected chi connectivity index (χ4v) is 6.17. The first-order valence-corrected chi connectivity index (χ1v) is 12.6. The van der Waals surface area contributed by atoms with Crippen molar-refractivity contribution in [1.29, 1.82) is 0 Å². The van der Waals surface area contributed by atoms with Gasteiger partial charge in [-0.25, -0.2) is 4.79 Å². The second-order valence-corrected chi connectivity index (χ2v) is 10.3. The molecule has 37 heavy (non-hydrogen) atoms. The van der Waals surface area contributed by atoms with Gasteiger partial charge in [0.1, 0.15) is 0 Å².